The molecule has 0 rings (SSSR count). The SMILES string of the molecule is FC(F)C(F)(F)CCC(F)(F)F. The minimum Gasteiger partial charge on any atom is -0.204 e. The molecule has 0 unspecified atom stereocenters. The van der Waals surface area contributed by atoms with Gasteiger partial charge in [-0.2, -0.15) is 13.2 Å². The predicted molar refractivity (Wildman–Crippen MR) is 26.2 cm³/mol. The van der Waals surface area contributed by atoms with Crippen molar-refractivity contribution in [3.05, 3.63) is 0 Å². The highest BCUT2D eigenvalue weighted by atomic mass is 19.4. The second-order valence-electron chi connectivity index (χ2n) is 2.18. The first-order valence-corrected chi connectivity index (χ1v) is 2.88. The number of hydrogen-bond donors (Lipinski definition) is 0. The topological polar surface area (TPSA) is 0 Å². The van der Waals surface area contributed by atoms with Gasteiger partial charge in [-0.1, -0.05) is 0 Å². The minimum atomic E-state index is -4.82. The zero-order valence-electron chi connectivity index (χ0n) is 5.64. The maximum absolute atomic E-state index is 11.8. The van der Waals surface area contributed by atoms with Crippen LogP contribution < -0.4 is 0 Å². The van der Waals surface area contributed by atoms with Gasteiger partial charge in [0.2, 0.25) is 0 Å². The van der Waals surface area contributed by atoms with Crippen LogP contribution in [0, 0.1) is 0 Å². The fourth-order valence-electron chi connectivity index (χ4n) is 0.418. The van der Waals surface area contributed by atoms with Gasteiger partial charge in [-0.05, 0) is 0 Å². The van der Waals surface area contributed by atoms with Crippen molar-refractivity contribution >= 4 is 0 Å². The molecule has 0 heterocycles. The third kappa shape index (κ3) is 4.40. The summed E-state index contributed by atoms with van der Waals surface area (Å²) in [6, 6.07) is 0. The molecule has 0 aliphatic rings. The van der Waals surface area contributed by atoms with Crippen molar-refractivity contribution in [3.63, 3.8) is 0 Å². The summed E-state index contributed by atoms with van der Waals surface area (Å²) in [6.07, 6.45) is -12.6. The molecule has 0 aromatic heterocycles. The van der Waals surface area contributed by atoms with E-state index in [1.807, 2.05) is 0 Å². The molecule has 74 valence electrons. The Bertz CT molecular complexity index is 135. The van der Waals surface area contributed by atoms with E-state index >= 15 is 0 Å². The molecule has 0 aromatic carbocycles. The van der Waals surface area contributed by atoms with Gasteiger partial charge >= 0.3 is 18.5 Å². The van der Waals surface area contributed by atoms with E-state index in [0.29, 0.717) is 0 Å². The highest BCUT2D eigenvalue weighted by Gasteiger charge is 2.43. The second kappa shape index (κ2) is 3.49. The van der Waals surface area contributed by atoms with Gasteiger partial charge in [-0.25, -0.2) is 17.6 Å². The molecule has 0 saturated heterocycles. The van der Waals surface area contributed by atoms with Crippen LogP contribution in [0.5, 0.6) is 0 Å². The first-order chi connectivity index (χ1) is 5.15. The number of halogens is 7. The molecule has 0 bridgehead atoms. The Kier molecular flexibility index (Phi) is 3.34. The number of alkyl halides is 7. The molecule has 0 aliphatic carbocycles. The largest absolute Gasteiger partial charge is 0.389 e. The molecule has 12 heavy (non-hydrogen) atoms. The molecule has 7 heteroatoms. The van der Waals surface area contributed by atoms with Gasteiger partial charge in [0, 0.05) is 12.8 Å². The highest BCUT2D eigenvalue weighted by Crippen LogP contribution is 2.32. The summed E-state index contributed by atoms with van der Waals surface area (Å²) in [6.45, 7) is 0. The lowest BCUT2D eigenvalue weighted by atomic mass is 10.2. The van der Waals surface area contributed by atoms with Crippen LogP contribution in [0.25, 0.3) is 0 Å². The summed E-state index contributed by atoms with van der Waals surface area (Å²) in [5.41, 5.74) is 0. The molecule has 0 amide bonds. The van der Waals surface area contributed by atoms with Crippen molar-refractivity contribution in [2.24, 2.45) is 0 Å². The summed E-state index contributed by atoms with van der Waals surface area (Å²) < 4.78 is 80.0. The summed E-state index contributed by atoms with van der Waals surface area (Å²) in [4.78, 5) is 0. The van der Waals surface area contributed by atoms with Crippen LogP contribution in [-0.2, 0) is 0 Å². The van der Waals surface area contributed by atoms with Gasteiger partial charge in [0.15, 0.2) is 0 Å². The van der Waals surface area contributed by atoms with Crippen molar-refractivity contribution in [1.82, 2.24) is 0 Å². The van der Waals surface area contributed by atoms with E-state index in [1.165, 1.54) is 0 Å². The smallest absolute Gasteiger partial charge is 0.204 e. The van der Waals surface area contributed by atoms with Crippen LogP contribution in [0.3, 0.4) is 0 Å². The lowest BCUT2D eigenvalue weighted by Crippen LogP contribution is -2.28. The third-order valence-corrected chi connectivity index (χ3v) is 1.06. The van der Waals surface area contributed by atoms with Gasteiger partial charge in [0.05, 0.1) is 0 Å². The van der Waals surface area contributed by atoms with Crippen molar-refractivity contribution < 1.29 is 30.7 Å². The Morgan fingerprint density at radius 3 is 1.50 bits per heavy atom. The lowest BCUT2D eigenvalue weighted by Gasteiger charge is -2.15. The van der Waals surface area contributed by atoms with E-state index in [2.05, 4.69) is 0 Å². The summed E-state index contributed by atoms with van der Waals surface area (Å²) >= 11 is 0. The predicted octanol–water partition coefficient (Wildman–Crippen LogP) is 3.23. The van der Waals surface area contributed by atoms with Gasteiger partial charge in [-0.3, -0.25) is 0 Å². The second-order valence-corrected chi connectivity index (χ2v) is 2.18. The Labute approximate surface area is 63.4 Å². The molecule has 0 atom stereocenters. The van der Waals surface area contributed by atoms with Crippen molar-refractivity contribution in [2.45, 2.75) is 31.4 Å². The van der Waals surface area contributed by atoms with Crippen molar-refractivity contribution in [2.75, 3.05) is 0 Å². The maximum Gasteiger partial charge on any atom is 0.389 e. The van der Waals surface area contributed by atoms with Crippen LogP contribution in [0.2, 0.25) is 0 Å². The Balaban J connectivity index is 3.93. The van der Waals surface area contributed by atoms with Gasteiger partial charge in [0.1, 0.15) is 0 Å². The molecule has 0 radical (unpaired) electrons. The van der Waals surface area contributed by atoms with Crippen LogP contribution >= 0.6 is 0 Å². The molecule has 0 saturated carbocycles. The van der Waals surface area contributed by atoms with Gasteiger partial charge in [-0.15, -0.1) is 0 Å². The van der Waals surface area contributed by atoms with Crippen molar-refractivity contribution in [1.29, 1.82) is 0 Å². The fraction of sp³-hybridized carbons (Fsp3) is 1.00. The minimum absolute atomic E-state index is 1.87. The number of hydrogen-bond acceptors (Lipinski definition) is 0. The Hall–Kier alpha value is -0.490. The third-order valence-electron chi connectivity index (χ3n) is 1.06. The standard InChI is InChI=1S/C5H5F7/c6-3(7)4(8,9)1-2-5(10,11)12/h3H,1-2H2. The first kappa shape index (κ1) is 11.5. The summed E-state index contributed by atoms with van der Waals surface area (Å²) in [7, 11) is 0. The van der Waals surface area contributed by atoms with Crippen LogP contribution in [0.1, 0.15) is 12.8 Å². The van der Waals surface area contributed by atoms with E-state index in [-0.39, 0.29) is 0 Å². The zero-order valence-corrected chi connectivity index (χ0v) is 5.64. The van der Waals surface area contributed by atoms with Gasteiger partial charge in [0.25, 0.3) is 0 Å². The first-order valence-electron chi connectivity index (χ1n) is 2.88. The molecular weight excluding hydrogens is 193 g/mol. The van der Waals surface area contributed by atoms with Crippen LogP contribution in [0.15, 0.2) is 0 Å². The Morgan fingerprint density at radius 2 is 1.25 bits per heavy atom. The summed E-state index contributed by atoms with van der Waals surface area (Å²) in [5.74, 6) is -4.55. The van der Waals surface area contributed by atoms with Crippen LogP contribution in [0.4, 0.5) is 30.7 Å². The van der Waals surface area contributed by atoms with E-state index in [1.54, 1.807) is 0 Å². The van der Waals surface area contributed by atoms with E-state index in [4.69, 9.17) is 0 Å². The van der Waals surface area contributed by atoms with E-state index < -0.39 is 31.4 Å². The molecular formula is C5H5F7. The molecule has 0 N–H and O–H groups in total. The Morgan fingerprint density at radius 1 is 0.833 bits per heavy atom. The zero-order chi connectivity index (χ0) is 9.99. The molecule has 0 aliphatic heterocycles. The molecule has 0 aromatic rings. The summed E-state index contributed by atoms with van der Waals surface area (Å²) in [5, 5.41) is 0. The average Bonchev–Trinajstić information content (AvgIpc) is 1.82. The molecule has 0 fully saturated rings. The monoisotopic (exact) mass is 198 g/mol. The van der Waals surface area contributed by atoms with Gasteiger partial charge < -0.3 is 0 Å². The lowest BCUT2D eigenvalue weighted by molar-refractivity contribution is -0.177. The van der Waals surface area contributed by atoms with E-state index in [9.17, 15) is 30.7 Å². The normalized spacial score (nSPS) is 14.0. The molecule has 0 spiro atoms. The highest BCUT2D eigenvalue weighted by molar-refractivity contribution is 4.70. The number of rotatable bonds is 3. The van der Waals surface area contributed by atoms with Crippen LogP contribution in [-0.4, -0.2) is 18.5 Å². The fourth-order valence-corrected chi connectivity index (χ4v) is 0.418. The van der Waals surface area contributed by atoms with E-state index in [0.717, 1.165) is 0 Å². The molecule has 0 nitrogen and oxygen atoms in total. The van der Waals surface area contributed by atoms with Crippen molar-refractivity contribution in [3.8, 4) is 0 Å². The maximum atomic E-state index is 11.8. The average molecular weight is 198 g/mol. The quantitative estimate of drug-likeness (QED) is 0.610.